The molecule has 23 heavy (non-hydrogen) atoms. The van der Waals surface area contributed by atoms with Gasteiger partial charge in [0.05, 0.1) is 5.02 Å². The number of rotatable bonds is 3. The van der Waals surface area contributed by atoms with Gasteiger partial charge in [-0.3, -0.25) is 4.79 Å². The molecule has 0 radical (unpaired) electrons. The Kier molecular flexibility index (Phi) is 4.42. The van der Waals surface area contributed by atoms with Crippen LogP contribution < -0.4 is 10.5 Å². The van der Waals surface area contributed by atoms with E-state index in [1.807, 2.05) is 6.07 Å². The average Bonchev–Trinajstić information content (AvgIpc) is 2.68. The molecule has 10 heteroatoms. The molecular formula is C13H12ClN5O3S. The number of nitriles is 1. The van der Waals surface area contributed by atoms with Crippen LogP contribution in [0, 0.1) is 18.3 Å². The second-order valence-electron chi connectivity index (χ2n) is 4.68. The molecule has 8 nitrogen and oxygen atoms in total. The van der Waals surface area contributed by atoms with Gasteiger partial charge >= 0.3 is 0 Å². The van der Waals surface area contributed by atoms with Crippen molar-refractivity contribution < 1.29 is 13.2 Å². The maximum atomic E-state index is 12.4. The maximum absolute atomic E-state index is 12.4. The van der Waals surface area contributed by atoms with Crippen molar-refractivity contribution >= 4 is 33.2 Å². The normalized spacial score (nSPS) is 11.1. The van der Waals surface area contributed by atoms with Crippen molar-refractivity contribution in [2.45, 2.75) is 11.8 Å². The Balaban J connectivity index is 2.47. The van der Waals surface area contributed by atoms with Gasteiger partial charge in [-0.15, -0.1) is 0 Å². The Morgan fingerprint density at radius 2 is 2.17 bits per heavy atom. The molecular weight excluding hydrogens is 342 g/mol. The first kappa shape index (κ1) is 17.0. The largest absolute Gasteiger partial charge is 0.341 e. The molecule has 0 saturated heterocycles. The number of sulfonamides is 1. The van der Waals surface area contributed by atoms with Crippen molar-refractivity contribution in [3.63, 3.8) is 0 Å². The summed E-state index contributed by atoms with van der Waals surface area (Å²) in [6.07, 6.45) is 1.36. The molecule has 0 spiro atoms. The third-order valence-electron chi connectivity index (χ3n) is 3.21. The van der Waals surface area contributed by atoms with E-state index in [0.29, 0.717) is 5.69 Å². The predicted molar refractivity (Wildman–Crippen MR) is 83.4 cm³/mol. The lowest BCUT2D eigenvalue weighted by Crippen LogP contribution is -2.16. The number of carbonyl (C=O) groups excluding carboxylic acids is 1. The van der Waals surface area contributed by atoms with Gasteiger partial charge in [-0.25, -0.2) is 18.5 Å². The molecule has 2 aromatic heterocycles. The Labute approximate surface area is 137 Å². The monoisotopic (exact) mass is 353 g/mol. The minimum Gasteiger partial charge on any atom is -0.341 e. The maximum Gasteiger partial charge on any atom is 0.273 e. The molecule has 0 aliphatic carbocycles. The first-order chi connectivity index (χ1) is 10.7. The number of primary sulfonamides is 1. The van der Waals surface area contributed by atoms with E-state index in [2.05, 4.69) is 10.3 Å². The smallest absolute Gasteiger partial charge is 0.273 e. The number of nitrogens with two attached hydrogens (primary N) is 1. The highest BCUT2D eigenvalue weighted by atomic mass is 35.5. The van der Waals surface area contributed by atoms with Crippen LogP contribution in [0.3, 0.4) is 0 Å². The lowest BCUT2D eigenvalue weighted by atomic mass is 10.3. The zero-order valence-electron chi connectivity index (χ0n) is 12.2. The molecule has 0 saturated carbocycles. The summed E-state index contributed by atoms with van der Waals surface area (Å²) >= 11 is 6.03. The van der Waals surface area contributed by atoms with Crippen LogP contribution in [0.2, 0.25) is 5.02 Å². The van der Waals surface area contributed by atoms with Gasteiger partial charge in [-0.1, -0.05) is 11.6 Å². The number of aromatic nitrogens is 2. The van der Waals surface area contributed by atoms with E-state index in [0.717, 1.165) is 0 Å². The van der Waals surface area contributed by atoms with E-state index >= 15 is 0 Å². The number of amides is 1. The molecule has 120 valence electrons. The van der Waals surface area contributed by atoms with Gasteiger partial charge in [0, 0.05) is 24.6 Å². The van der Waals surface area contributed by atoms with E-state index in [-0.39, 0.29) is 27.0 Å². The number of nitrogens with zero attached hydrogens (tertiary/aromatic N) is 3. The predicted octanol–water partition coefficient (Wildman–Crippen LogP) is 1.15. The summed E-state index contributed by atoms with van der Waals surface area (Å²) in [4.78, 5) is 15.9. The van der Waals surface area contributed by atoms with Gasteiger partial charge in [0.25, 0.3) is 5.91 Å². The molecule has 0 aliphatic rings. The summed E-state index contributed by atoms with van der Waals surface area (Å²) in [5.41, 5.74) is 0.648. The second-order valence-corrected chi connectivity index (χ2v) is 6.55. The summed E-state index contributed by atoms with van der Waals surface area (Å²) in [6, 6.07) is 4.71. The Morgan fingerprint density at radius 3 is 2.70 bits per heavy atom. The van der Waals surface area contributed by atoms with Crippen LogP contribution in [-0.4, -0.2) is 23.9 Å². The zero-order chi connectivity index (χ0) is 17.4. The van der Waals surface area contributed by atoms with E-state index < -0.39 is 15.9 Å². The summed E-state index contributed by atoms with van der Waals surface area (Å²) in [5, 5.41) is 16.2. The van der Waals surface area contributed by atoms with E-state index in [4.69, 9.17) is 22.0 Å². The average molecular weight is 354 g/mol. The Morgan fingerprint density at radius 1 is 1.52 bits per heavy atom. The van der Waals surface area contributed by atoms with Crippen LogP contribution in [0.1, 0.15) is 21.9 Å². The Hall–Kier alpha value is -2.41. The van der Waals surface area contributed by atoms with E-state index in [1.54, 1.807) is 0 Å². The molecule has 1 amide bonds. The van der Waals surface area contributed by atoms with E-state index in [1.165, 1.54) is 36.9 Å². The number of hydrogen-bond donors (Lipinski definition) is 2. The highest BCUT2D eigenvalue weighted by Gasteiger charge is 2.28. The lowest BCUT2D eigenvalue weighted by molar-refractivity contribution is 0.101. The summed E-state index contributed by atoms with van der Waals surface area (Å²) in [6.45, 7) is 1.49. The Bertz CT molecular complexity index is 943. The molecule has 0 aromatic carbocycles. The van der Waals surface area contributed by atoms with Crippen molar-refractivity contribution in [3.8, 4) is 6.07 Å². The number of hydrogen-bond acceptors (Lipinski definition) is 5. The zero-order valence-corrected chi connectivity index (χ0v) is 13.7. The molecule has 0 atom stereocenters. The van der Waals surface area contributed by atoms with Gasteiger partial charge < -0.3 is 9.88 Å². The molecule has 3 N–H and O–H groups in total. The molecule has 0 aliphatic heterocycles. The fourth-order valence-electron chi connectivity index (χ4n) is 2.08. The van der Waals surface area contributed by atoms with Crippen LogP contribution in [-0.2, 0) is 17.1 Å². The molecule has 2 rings (SSSR count). The van der Waals surface area contributed by atoms with Crippen molar-refractivity contribution in [2.75, 3.05) is 5.32 Å². The van der Waals surface area contributed by atoms with Crippen LogP contribution in [0.5, 0.6) is 0 Å². The van der Waals surface area contributed by atoms with E-state index in [9.17, 15) is 13.2 Å². The first-order valence-electron chi connectivity index (χ1n) is 6.22. The quantitative estimate of drug-likeness (QED) is 0.854. The van der Waals surface area contributed by atoms with Gasteiger partial charge in [0.2, 0.25) is 10.0 Å². The van der Waals surface area contributed by atoms with Gasteiger partial charge in [0.15, 0.2) is 0 Å². The van der Waals surface area contributed by atoms with Gasteiger partial charge in [-0.2, -0.15) is 5.26 Å². The number of pyridine rings is 1. The third-order valence-corrected chi connectivity index (χ3v) is 4.75. The molecule has 0 bridgehead atoms. The lowest BCUT2D eigenvalue weighted by Gasteiger charge is -2.07. The first-order valence-corrected chi connectivity index (χ1v) is 8.14. The summed E-state index contributed by atoms with van der Waals surface area (Å²) in [5.74, 6) is -0.634. The minimum atomic E-state index is -4.07. The number of halogens is 1. The number of nitrogens with one attached hydrogen (secondary N) is 1. The standard InChI is InChI=1S/C13H12ClN5O3S/c1-7-12(23(16,21)22)10(14)11(19(7)2)13(20)18-8-3-4-17-9(5-8)6-15/h3-5H,1-2H3,(H2,16,21,22)(H,17,18,20). The summed E-state index contributed by atoms with van der Waals surface area (Å²) < 4.78 is 24.6. The highest BCUT2D eigenvalue weighted by molar-refractivity contribution is 7.89. The molecule has 0 fully saturated rings. The topological polar surface area (TPSA) is 131 Å². The second kappa shape index (κ2) is 6.00. The van der Waals surface area contributed by atoms with Crippen molar-refractivity contribution in [2.24, 2.45) is 12.2 Å². The summed E-state index contributed by atoms with van der Waals surface area (Å²) in [7, 11) is -2.57. The van der Waals surface area contributed by atoms with Gasteiger partial charge in [0.1, 0.15) is 22.4 Å². The minimum absolute atomic E-state index is 0.0523. The highest BCUT2D eigenvalue weighted by Crippen LogP contribution is 2.30. The fourth-order valence-corrected chi connectivity index (χ4v) is 3.64. The fraction of sp³-hybridized carbons (Fsp3) is 0.154. The molecule has 0 unspecified atom stereocenters. The van der Waals surface area contributed by atoms with Crippen molar-refractivity contribution in [1.29, 1.82) is 5.26 Å². The van der Waals surface area contributed by atoms with Crippen molar-refractivity contribution in [1.82, 2.24) is 9.55 Å². The van der Waals surface area contributed by atoms with Crippen LogP contribution in [0.25, 0.3) is 0 Å². The number of anilines is 1. The third kappa shape index (κ3) is 3.19. The van der Waals surface area contributed by atoms with Gasteiger partial charge in [-0.05, 0) is 19.1 Å². The molecule has 2 aromatic rings. The SMILES string of the molecule is Cc1c(S(N)(=O)=O)c(Cl)c(C(=O)Nc2ccnc(C#N)c2)n1C. The van der Waals surface area contributed by atoms with Crippen LogP contribution in [0.4, 0.5) is 5.69 Å². The molecule has 2 heterocycles. The van der Waals surface area contributed by atoms with Crippen LogP contribution in [0.15, 0.2) is 23.2 Å². The van der Waals surface area contributed by atoms with Crippen molar-refractivity contribution in [3.05, 3.63) is 40.4 Å². The number of carbonyl (C=O) groups is 1. The van der Waals surface area contributed by atoms with Crippen LogP contribution >= 0.6 is 11.6 Å².